The first-order valence-electron chi connectivity index (χ1n) is 5.17. The number of epoxide rings is 1. The fourth-order valence-electron chi connectivity index (χ4n) is 2.22. The summed E-state index contributed by atoms with van der Waals surface area (Å²) in [5.41, 5.74) is 0. The molecule has 1 aliphatic carbocycles. The maximum Gasteiger partial charge on any atom is 0.127 e. The normalized spacial score (nSPS) is 40.5. The molecule has 2 nitrogen and oxygen atoms in total. The Morgan fingerprint density at radius 3 is 2.86 bits per heavy atom. The van der Waals surface area contributed by atoms with E-state index in [4.69, 9.17) is 9.47 Å². The molecule has 76 valence electrons. The number of hydrogen-bond acceptors (Lipinski definition) is 2. The van der Waals surface area contributed by atoms with Crippen LogP contribution in [0.5, 0.6) is 0 Å². The standard InChI is InChI=1S/C11H13FO2/c12-8-2-4-9-7(5-8)1-3-10(14-9)11-6-13-11/h2,4,7,10-11H,1,3,5-6H2. The Hall–Kier alpha value is -0.830. The molecule has 0 spiro atoms. The smallest absolute Gasteiger partial charge is 0.127 e. The molecule has 3 heteroatoms. The Morgan fingerprint density at radius 2 is 2.07 bits per heavy atom. The summed E-state index contributed by atoms with van der Waals surface area (Å²) in [7, 11) is 0. The summed E-state index contributed by atoms with van der Waals surface area (Å²) in [4.78, 5) is 0. The molecule has 14 heavy (non-hydrogen) atoms. The number of allylic oxidation sites excluding steroid dienone is 4. The molecule has 2 aliphatic heterocycles. The van der Waals surface area contributed by atoms with Crippen LogP contribution in [0.1, 0.15) is 19.3 Å². The zero-order valence-corrected chi connectivity index (χ0v) is 7.91. The summed E-state index contributed by atoms with van der Waals surface area (Å²) in [5, 5.41) is 0. The molecule has 3 rings (SSSR count). The lowest BCUT2D eigenvalue weighted by Crippen LogP contribution is -2.29. The highest BCUT2D eigenvalue weighted by Gasteiger charge is 2.39. The highest BCUT2D eigenvalue weighted by molar-refractivity contribution is 5.21. The molecule has 2 fully saturated rings. The zero-order chi connectivity index (χ0) is 9.54. The Kier molecular flexibility index (Phi) is 1.87. The molecule has 3 aliphatic rings. The van der Waals surface area contributed by atoms with Gasteiger partial charge in [-0.1, -0.05) is 0 Å². The minimum Gasteiger partial charge on any atom is -0.492 e. The quantitative estimate of drug-likeness (QED) is 0.600. The summed E-state index contributed by atoms with van der Waals surface area (Å²) in [6, 6.07) is 0. The number of rotatable bonds is 1. The van der Waals surface area contributed by atoms with Crippen LogP contribution in [-0.2, 0) is 9.47 Å². The van der Waals surface area contributed by atoms with E-state index < -0.39 is 0 Å². The molecule has 0 amide bonds. The van der Waals surface area contributed by atoms with Gasteiger partial charge in [0.25, 0.3) is 0 Å². The van der Waals surface area contributed by atoms with E-state index >= 15 is 0 Å². The predicted molar refractivity (Wildman–Crippen MR) is 49.2 cm³/mol. The van der Waals surface area contributed by atoms with E-state index in [-0.39, 0.29) is 17.8 Å². The van der Waals surface area contributed by atoms with E-state index in [0.717, 1.165) is 25.2 Å². The fourth-order valence-corrected chi connectivity index (χ4v) is 2.22. The van der Waals surface area contributed by atoms with Gasteiger partial charge in [-0.3, -0.25) is 0 Å². The lowest BCUT2D eigenvalue weighted by atomic mass is 9.88. The summed E-state index contributed by atoms with van der Waals surface area (Å²) < 4.78 is 24.0. The SMILES string of the molecule is FC1=CC=C2OC(C3CO3)CCC2C1. The molecular weight excluding hydrogens is 183 g/mol. The van der Waals surface area contributed by atoms with E-state index in [1.54, 1.807) is 6.08 Å². The lowest BCUT2D eigenvalue weighted by Gasteiger charge is -2.32. The van der Waals surface area contributed by atoms with Crippen molar-refractivity contribution in [2.24, 2.45) is 5.92 Å². The van der Waals surface area contributed by atoms with Crippen molar-refractivity contribution >= 4 is 0 Å². The average Bonchev–Trinajstić information content (AvgIpc) is 3.00. The van der Waals surface area contributed by atoms with Gasteiger partial charge in [0.05, 0.1) is 6.61 Å². The van der Waals surface area contributed by atoms with E-state index in [0.29, 0.717) is 12.5 Å². The van der Waals surface area contributed by atoms with Gasteiger partial charge < -0.3 is 9.47 Å². The fraction of sp³-hybridized carbons (Fsp3) is 0.636. The van der Waals surface area contributed by atoms with Crippen LogP contribution in [-0.4, -0.2) is 18.8 Å². The molecule has 0 aromatic rings. The number of fused-ring (bicyclic) bond motifs is 1. The lowest BCUT2D eigenvalue weighted by molar-refractivity contribution is 0.0247. The van der Waals surface area contributed by atoms with Gasteiger partial charge in [-0.15, -0.1) is 0 Å². The molecule has 0 saturated carbocycles. The second-order valence-electron chi connectivity index (χ2n) is 4.19. The Balaban J connectivity index is 1.74. The molecule has 3 unspecified atom stereocenters. The molecule has 0 aromatic carbocycles. The number of ether oxygens (including phenoxy) is 2. The van der Waals surface area contributed by atoms with Gasteiger partial charge >= 0.3 is 0 Å². The van der Waals surface area contributed by atoms with Crippen molar-refractivity contribution in [1.82, 2.24) is 0 Å². The first-order chi connectivity index (χ1) is 6.83. The topological polar surface area (TPSA) is 21.8 Å². The Labute approximate surface area is 82.4 Å². The van der Waals surface area contributed by atoms with Crippen LogP contribution in [0, 0.1) is 5.92 Å². The van der Waals surface area contributed by atoms with Crippen LogP contribution in [0.25, 0.3) is 0 Å². The minimum absolute atomic E-state index is 0.0246. The van der Waals surface area contributed by atoms with Gasteiger partial charge in [-0.05, 0) is 25.0 Å². The number of hydrogen-bond donors (Lipinski definition) is 0. The van der Waals surface area contributed by atoms with E-state index in [1.165, 1.54) is 6.08 Å². The van der Waals surface area contributed by atoms with Crippen molar-refractivity contribution in [2.75, 3.05) is 6.61 Å². The third-order valence-corrected chi connectivity index (χ3v) is 3.13. The van der Waals surface area contributed by atoms with Crippen molar-refractivity contribution in [1.29, 1.82) is 0 Å². The van der Waals surface area contributed by atoms with Crippen LogP contribution < -0.4 is 0 Å². The van der Waals surface area contributed by atoms with Gasteiger partial charge in [-0.2, -0.15) is 0 Å². The van der Waals surface area contributed by atoms with E-state index in [2.05, 4.69) is 0 Å². The highest BCUT2D eigenvalue weighted by atomic mass is 19.1. The van der Waals surface area contributed by atoms with Gasteiger partial charge in [0.2, 0.25) is 0 Å². The van der Waals surface area contributed by atoms with Crippen LogP contribution in [0.2, 0.25) is 0 Å². The van der Waals surface area contributed by atoms with Crippen molar-refractivity contribution in [3.63, 3.8) is 0 Å². The number of halogens is 1. The zero-order valence-electron chi connectivity index (χ0n) is 7.91. The largest absolute Gasteiger partial charge is 0.492 e. The third kappa shape index (κ3) is 1.46. The molecule has 3 atom stereocenters. The molecule has 0 aromatic heterocycles. The third-order valence-electron chi connectivity index (χ3n) is 3.13. The van der Waals surface area contributed by atoms with Crippen molar-refractivity contribution < 1.29 is 13.9 Å². The maximum absolute atomic E-state index is 13.0. The first kappa shape index (κ1) is 8.48. The summed E-state index contributed by atoms with van der Waals surface area (Å²) in [5.74, 6) is 1.21. The van der Waals surface area contributed by atoms with Gasteiger partial charge in [0.15, 0.2) is 0 Å². The van der Waals surface area contributed by atoms with Gasteiger partial charge in [0.1, 0.15) is 23.8 Å². The first-order valence-corrected chi connectivity index (χ1v) is 5.17. The molecule has 2 heterocycles. The summed E-state index contributed by atoms with van der Waals surface area (Å²) in [6.07, 6.45) is 6.35. The Bertz CT molecular complexity index is 304. The van der Waals surface area contributed by atoms with Crippen LogP contribution >= 0.6 is 0 Å². The van der Waals surface area contributed by atoms with Crippen molar-refractivity contribution in [3.05, 3.63) is 23.7 Å². The predicted octanol–water partition coefficient (Wildman–Crippen LogP) is 2.32. The van der Waals surface area contributed by atoms with E-state index in [9.17, 15) is 4.39 Å². The molecule has 0 bridgehead atoms. The van der Waals surface area contributed by atoms with Crippen LogP contribution in [0.4, 0.5) is 4.39 Å². The van der Waals surface area contributed by atoms with Gasteiger partial charge in [-0.25, -0.2) is 4.39 Å². The monoisotopic (exact) mass is 196 g/mol. The molecule has 0 N–H and O–H groups in total. The van der Waals surface area contributed by atoms with Crippen molar-refractivity contribution in [2.45, 2.75) is 31.5 Å². The van der Waals surface area contributed by atoms with Crippen LogP contribution in [0.3, 0.4) is 0 Å². The average molecular weight is 196 g/mol. The minimum atomic E-state index is -0.0246. The second-order valence-corrected chi connectivity index (χ2v) is 4.19. The molecular formula is C11H13FO2. The summed E-state index contributed by atoms with van der Waals surface area (Å²) >= 11 is 0. The maximum atomic E-state index is 13.0. The second kappa shape index (κ2) is 3.09. The summed E-state index contributed by atoms with van der Waals surface area (Å²) in [6.45, 7) is 0.826. The van der Waals surface area contributed by atoms with Crippen LogP contribution in [0.15, 0.2) is 23.7 Å². The molecule has 0 radical (unpaired) electrons. The highest BCUT2D eigenvalue weighted by Crippen LogP contribution is 2.38. The van der Waals surface area contributed by atoms with E-state index in [1.807, 2.05) is 0 Å². The Morgan fingerprint density at radius 1 is 1.21 bits per heavy atom. The molecule has 2 saturated heterocycles. The van der Waals surface area contributed by atoms with Gasteiger partial charge in [0, 0.05) is 12.3 Å². The van der Waals surface area contributed by atoms with Crippen molar-refractivity contribution in [3.8, 4) is 0 Å².